The van der Waals surface area contributed by atoms with E-state index in [4.69, 9.17) is 10.2 Å². The fourth-order valence-corrected chi connectivity index (χ4v) is 3.63. The Hall–Kier alpha value is -1.75. The summed E-state index contributed by atoms with van der Waals surface area (Å²) in [5.74, 6) is -1.71. The van der Waals surface area contributed by atoms with Crippen LogP contribution in [-0.2, 0) is 14.4 Å². The van der Waals surface area contributed by atoms with Crippen molar-refractivity contribution in [3.8, 4) is 0 Å². The van der Waals surface area contributed by atoms with Gasteiger partial charge in [0.2, 0.25) is 5.91 Å². The number of unbranched alkanes of at least 4 members (excludes halogenated alkanes) is 10. The number of amides is 1. The third kappa shape index (κ3) is 23.4. The zero-order valence-electron chi connectivity index (χ0n) is 21.2. The quantitative estimate of drug-likeness (QED) is 0.0801. The molecule has 0 atom stereocenters. The predicted octanol–water partition coefficient (Wildman–Crippen LogP) is 2.65. The summed E-state index contributed by atoms with van der Waals surface area (Å²) in [6.45, 7) is 4.25. The third-order valence-electron chi connectivity index (χ3n) is 5.54. The minimum atomic E-state index is -0.930. The molecule has 10 heteroatoms. The maximum Gasteiger partial charge on any atom is 0.318 e. The van der Waals surface area contributed by atoms with Crippen LogP contribution in [0.25, 0.3) is 0 Å². The number of carbonyl (C=O) groups excluding carboxylic acids is 1. The molecule has 1 amide bonds. The Morgan fingerprint density at radius 1 is 0.588 bits per heavy atom. The number of hydrogen-bond acceptors (Lipinski definition) is 7. The molecule has 0 aromatic rings. The van der Waals surface area contributed by atoms with Gasteiger partial charge >= 0.3 is 11.9 Å². The molecule has 0 bridgehead atoms. The average molecular weight is 488 g/mol. The molecule has 0 fully saturated rings. The first-order valence-corrected chi connectivity index (χ1v) is 13.1. The van der Waals surface area contributed by atoms with Crippen LogP contribution in [0.1, 0.15) is 96.8 Å². The van der Waals surface area contributed by atoms with E-state index in [0.717, 1.165) is 12.8 Å². The van der Waals surface area contributed by atoms with Gasteiger partial charge in [-0.25, -0.2) is 10.9 Å². The molecule has 0 aromatic heterocycles. The van der Waals surface area contributed by atoms with Crippen LogP contribution in [0.2, 0.25) is 0 Å². The molecule has 10 nitrogen and oxygen atoms in total. The maximum atomic E-state index is 12.7. The number of aliphatic carboxylic acids is 2. The van der Waals surface area contributed by atoms with E-state index in [1.165, 1.54) is 57.8 Å². The largest absolute Gasteiger partial charge is 0.480 e. The highest BCUT2D eigenvalue weighted by Crippen LogP contribution is 2.12. The van der Waals surface area contributed by atoms with Gasteiger partial charge < -0.3 is 15.1 Å². The lowest BCUT2D eigenvalue weighted by Gasteiger charge is -2.23. The number of carboxylic acid groups (broad SMARTS) is 2. The molecule has 0 spiro atoms. The van der Waals surface area contributed by atoms with E-state index in [1.54, 1.807) is 0 Å². The number of carbonyl (C=O) groups is 3. The van der Waals surface area contributed by atoms with Crippen molar-refractivity contribution in [2.24, 2.45) is 0 Å². The van der Waals surface area contributed by atoms with Crippen LogP contribution in [0.4, 0.5) is 0 Å². The van der Waals surface area contributed by atoms with E-state index in [1.807, 2.05) is 4.90 Å². The Balaban J connectivity index is 4.03. The lowest BCUT2D eigenvalue weighted by atomic mass is 10.1. The fourth-order valence-electron chi connectivity index (χ4n) is 3.63. The zero-order valence-corrected chi connectivity index (χ0v) is 21.2. The van der Waals surface area contributed by atoms with Gasteiger partial charge in [0.05, 0.1) is 0 Å². The van der Waals surface area contributed by atoms with Crippen LogP contribution in [0.3, 0.4) is 0 Å². The highest BCUT2D eigenvalue weighted by atomic mass is 16.4. The molecule has 0 saturated carbocycles. The SMILES string of the molecule is CCCCCCCCCCCCCC(=O)N(CCCNNCC(=O)O)CCCNNCC(=O)O. The molecule has 0 radical (unpaired) electrons. The lowest BCUT2D eigenvalue weighted by molar-refractivity contribution is -0.137. The monoisotopic (exact) mass is 487 g/mol. The summed E-state index contributed by atoms with van der Waals surface area (Å²) in [5, 5.41) is 17.2. The van der Waals surface area contributed by atoms with Gasteiger partial charge in [0, 0.05) is 32.6 Å². The van der Waals surface area contributed by atoms with E-state index < -0.39 is 11.9 Å². The topological polar surface area (TPSA) is 143 Å². The van der Waals surface area contributed by atoms with Crippen molar-refractivity contribution in [3.05, 3.63) is 0 Å². The molecule has 6 N–H and O–H groups in total. The van der Waals surface area contributed by atoms with Gasteiger partial charge in [0.15, 0.2) is 0 Å². The van der Waals surface area contributed by atoms with E-state index in [9.17, 15) is 14.4 Å². The minimum absolute atomic E-state index is 0.146. The zero-order chi connectivity index (χ0) is 25.3. The first-order chi connectivity index (χ1) is 16.5. The Kier molecular flexibility index (Phi) is 23.1. The van der Waals surface area contributed by atoms with Crippen molar-refractivity contribution in [2.45, 2.75) is 96.8 Å². The maximum absolute atomic E-state index is 12.7. The van der Waals surface area contributed by atoms with Crippen LogP contribution < -0.4 is 21.7 Å². The molecule has 0 aliphatic carbocycles. The number of nitrogens with zero attached hydrogens (tertiary/aromatic N) is 1. The van der Waals surface area contributed by atoms with Crippen LogP contribution in [0.5, 0.6) is 0 Å². The van der Waals surface area contributed by atoms with Gasteiger partial charge in [0.25, 0.3) is 0 Å². The van der Waals surface area contributed by atoms with Gasteiger partial charge in [-0.1, -0.05) is 71.1 Å². The normalized spacial score (nSPS) is 11.0. The number of rotatable bonds is 26. The van der Waals surface area contributed by atoms with Crippen molar-refractivity contribution in [2.75, 3.05) is 39.3 Å². The standard InChI is InChI=1S/C24H49N5O5/c1-2-3-4-5-6-7-8-9-10-11-12-15-22(30)29(18-13-16-25-27-20-23(31)32)19-14-17-26-28-21-24(33)34/h25-28H,2-21H2,1H3,(H,31,32)(H,33,34). The molecular weight excluding hydrogens is 438 g/mol. The minimum Gasteiger partial charge on any atom is -0.480 e. The summed E-state index contributed by atoms with van der Waals surface area (Å²) in [6, 6.07) is 0. The summed E-state index contributed by atoms with van der Waals surface area (Å²) in [5.41, 5.74) is 10.9. The fraction of sp³-hybridized carbons (Fsp3) is 0.875. The molecule has 0 rings (SSSR count). The molecule has 0 aromatic carbocycles. The third-order valence-corrected chi connectivity index (χ3v) is 5.54. The van der Waals surface area contributed by atoms with Crippen LogP contribution in [0, 0.1) is 0 Å². The van der Waals surface area contributed by atoms with Gasteiger partial charge in [0.1, 0.15) is 13.1 Å². The number of nitrogens with one attached hydrogen (secondary N) is 4. The van der Waals surface area contributed by atoms with Crippen LogP contribution >= 0.6 is 0 Å². The molecule has 0 aliphatic heterocycles. The van der Waals surface area contributed by atoms with Crippen molar-refractivity contribution >= 4 is 17.8 Å². The van der Waals surface area contributed by atoms with Crippen LogP contribution in [0.15, 0.2) is 0 Å². The molecule has 0 unspecified atom stereocenters. The van der Waals surface area contributed by atoms with Gasteiger partial charge in [-0.15, -0.1) is 0 Å². The van der Waals surface area contributed by atoms with E-state index in [0.29, 0.717) is 45.4 Å². The summed E-state index contributed by atoms with van der Waals surface area (Å²) >= 11 is 0. The second-order valence-corrected chi connectivity index (χ2v) is 8.72. The lowest BCUT2D eigenvalue weighted by Crippen LogP contribution is -2.40. The van der Waals surface area contributed by atoms with E-state index in [2.05, 4.69) is 28.6 Å². The van der Waals surface area contributed by atoms with Crippen molar-refractivity contribution in [1.82, 2.24) is 26.6 Å². The van der Waals surface area contributed by atoms with Crippen molar-refractivity contribution in [1.29, 1.82) is 0 Å². The first kappa shape index (κ1) is 32.2. The summed E-state index contributed by atoms with van der Waals surface area (Å²) < 4.78 is 0. The smallest absolute Gasteiger partial charge is 0.318 e. The first-order valence-electron chi connectivity index (χ1n) is 13.1. The molecule has 0 aliphatic rings. The average Bonchev–Trinajstić information content (AvgIpc) is 2.79. The van der Waals surface area contributed by atoms with Gasteiger partial charge in [-0.2, -0.15) is 0 Å². The summed E-state index contributed by atoms with van der Waals surface area (Å²) in [7, 11) is 0. The number of hydrazine groups is 2. The Morgan fingerprint density at radius 2 is 1.00 bits per heavy atom. The molecule has 0 heterocycles. The Bertz CT molecular complexity index is 496. The number of carboxylic acids is 2. The van der Waals surface area contributed by atoms with Crippen molar-refractivity contribution < 1.29 is 24.6 Å². The summed E-state index contributed by atoms with van der Waals surface area (Å²) in [6.07, 6.45) is 15.7. The second-order valence-electron chi connectivity index (χ2n) is 8.72. The van der Waals surface area contributed by atoms with E-state index in [-0.39, 0.29) is 19.0 Å². The Morgan fingerprint density at radius 3 is 1.41 bits per heavy atom. The second kappa shape index (κ2) is 24.4. The summed E-state index contributed by atoms with van der Waals surface area (Å²) in [4.78, 5) is 35.6. The molecule has 200 valence electrons. The molecular formula is C24H49N5O5. The van der Waals surface area contributed by atoms with Gasteiger partial charge in [-0.3, -0.25) is 25.2 Å². The van der Waals surface area contributed by atoms with Crippen molar-refractivity contribution in [3.63, 3.8) is 0 Å². The highest BCUT2D eigenvalue weighted by molar-refractivity contribution is 5.76. The molecule has 0 saturated heterocycles. The van der Waals surface area contributed by atoms with Crippen LogP contribution in [-0.4, -0.2) is 72.2 Å². The highest BCUT2D eigenvalue weighted by Gasteiger charge is 2.12. The van der Waals surface area contributed by atoms with E-state index >= 15 is 0 Å². The number of hydrogen-bond donors (Lipinski definition) is 6. The van der Waals surface area contributed by atoms with Gasteiger partial charge in [-0.05, 0) is 19.3 Å². The molecule has 34 heavy (non-hydrogen) atoms. The predicted molar refractivity (Wildman–Crippen MR) is 134 cm³/mol. The Labute approximate surface area is 205 Å².